The van der Waals surface area contributed by atoms with E-state index in [-0.39, 0.29) is 17.9 Å². The Bertz CT molecular complexity index is 595. The number of carboxylic acid groups (broad SMARTS) is 1. The van der Waals surface area contributed by atoms with E-state index in [1.807, 2.05) is 6.07 Å². The molecular weight excluding hydrogens is 251 g/mol. The first-order valence-corrected chi connectivity index (χ1v) is 5.70. The molecule has 0 aliphatic heterocycles. The smallest absolute Gasteiger partial charge is 0.339 e. The lowest BCUT2D eigenvalue weighted by atomic mass is 10.2. The highest BCUT2D eigenvalue weighted by atomic mass is 19.1. The molecule has 0 radical (unpaired) electrons. The van der Waals surface area contributed by atoms with E-state index in [0.717, 1.165) is 17.8 Å². The van der Waals surface area contributed by atoms with Crippen molar-refractivity contribution in [3.05, 3.63) is 47.5 Å². The van der Waals surface area contributed by atoms with Crippen molar-refractivity contribution < 1.29 is 19.0 Å². The first-order chi connectivity index (χ1) is 9.08. The van der Waals surface area contributed by atoms with Gasteiger partial charge in [-0.05, 0) is 18.2 Å². The molecule has 6 heteroatoms. The lowest BCUT2D eigenvalue weighted by molar-refractivity contribution is 0.0692. The van der Waals surface area contributed by atoms with Gasteiger partial charge in [0.05, 0.1) is 6.61 Å². The topological polar surface area (TPSA) is 64.4 Å². The Balaban J connectivity index is 2.05. The number of ether oxygens (including phenoxy) is 1. The van der Waals surface area contributed by atoms with E-state index < -0.39 is 11.8 Å². The fourth-order valence-corrected chi connectivity index (χ4v) is 1.70. The lowest BCUT2D eigenvalue weighted by Crippen LogP contribution is -2.09. The van der Waals surface area contributed by atoms with Crippen LogP contribution in [0.3, 0.4) is 0 Å². The SMILES string of the molecule is Cn1nccc1CCOc1cc(F)ccc1C(=O)O. The van der Waals surface area contributed by atoms with Gasteiger partial charge in [0.25, 0.3) is 0 Å². The van der Waals surface area contributed by atoms with Crippen LogP contribution in [0.15, 0.2) is 30.5 Å². The first kappa shape index (κ1) is 13.1. The zero-order valence-corrected chi connectivity index (χ0v) is 10.3. The molecule has 1 aromatic heterocycles. The molecule has 100 valence electrons. The summed E-state index contributed by atoms with van der Waals surface area (Å²) in [6.45, 7) is 0.253. The number of aromatic nitrogens is 2. The van der Waals surface area contributed by atoms with Crippen LogP contribution in [-0.2, 0) is 13.5 Å². The normalized spacial score (nSPS) is 10.4. The number of rotatable bonds is 5. The molecular formula is C13H13FN2O3. The average molecular weight is 264 g/mol. The fourth-order valence-electron chi connectivity index (χ4n) is 1.70. The summed E-state index contributed by atoms with van der Waals surface area (Å²) in [5.41, 5.74) is 0.902. The monoisotopic (exact) mass is 264 g/mol. The number of aromatic carboxylic acids is 1. The first-order valence-electron chi connectivity index (χ1n) is 5.70. The summed E-state index contributed by atoms with van der Waals surface area (Å²) in [5, 5.41) is 13.0. The van der Waals surface area contributed by atoms with Gasteiger partial charge in [-0.2, -0.15) is 5.10 Å². The molecule has 0 fully saturated rings. The van der Waals surface area contributed by atoms with Gasteiger partial charge >= 0.3 is 5.97 Å². The van der Waals surface area contributed by atoms with Crippen molar-refractivity contribution in [2.45, 2.75) is 6.42 Å². The number of benzene rings is 1. The standard InChI is InChI=1S/C13H13FN2O3/c1-16-10(4-6-15-16)5-7-19-12-8-9(14)2-3-11(12)13(17)18/h2-4,6,8H,5,7H2,1H3,(H,17,18). The number of nitrogens with zero attached hydrogens (tertiary/aromatic N) is 2. The molecule has 0 aliphatic carbocycles. The van der Waals surface area contributed by atoms with Crippen molar-refractivity contribution in [1.29, 1.82) is 0 Å². The van der Waals surface area contributed by atoms with E-state index in [2.05, 4.69) is 5.10 Å². The number of aryl methyl sites for hydroxylation is 1. The second-order valence-corrected chi connectivity index (χ2v) is 3.99. The third-order valence-corrected chi connectivity index (χ3v) is 2.71. The molecule has 19 heavy (non-hydrogen) atoms. The maximum Gasteiger partial charge on any atom is 0.339 e. The molecule has 0 bridgehead atoms. The number of carbonyl (C=O) groups is 1. The van der Waals surface area contributed by atoms with Gasteiger partial charge in [0.2, 0.25) is 0 Å². The number of carboxylic acids is 1. The molecule has 2 rings (SSSR count). The largest absolute Gasteiger partial charge is 0.492 e. The van der Waals surface area contributed by atoms with E-state index in [1.165, 1.54) is 6.07 Å². The maximum absolute atomic E-state index is 13.1. The molecule has 1 aromatic carbocycles. The molecule has 0 saturated carbocycles. The summed E-state index contributed by atoms with van der Waals surface area (Å²) in [7, 11) is 1.81. The molecule has 0 amide bonds. The van der Waals surface area contributed by atoms with Crippen LogP contribution in [0.4, 0.5) is 4.39 Å². The minimum Gasteiger partial charge on any atom is -0.492 e. The Labute approximate surface area is 109 Å². The predicted molar refractivity (Wildman–Crippen MR) is 65.8 cm³/mol. The summed E-state index contributed by atoms with van der Waals surface area (Å²) < 4.78 is 20.1. The van der Waals surface area contributed by atoms with Crippen LogP contribution in [0.2, 0.25) is 0 Å². The summed E-state index contributed by atoms with van der Waals surface area (Å²) in [6.07, 6.45) is 2.23. The van der Waals surface area contributed by atoms with Crippen LogP contribution in [0.1, 0.15) is 16.1 Å². The van der Waals surface area contributed by atoms with Gasteiger partial charge in [0.15, 0.2) is 0 Å². The van der Waals surface area contributed by atoms with E-state index >= 15 is 0 Å². The molecule has 0 unspecified atom stereocenters. The van der Waals surface area contributed by atoms with Crippen molar-refractivity contribution in [3.8, 4) is 5.75 Å². The quantitative estimate of drug-likeness (QED) is 0.895. The molecule has 0 aliphatic rings. The Morgan fingerprint density at radius 2 is 2.26 bits per heavy atom. The molecule has 1 heterocycles. The second-order valence-electron chi connectivity index (χ2n) is 3.99. The van der Waals surface area contributed by atoms with Gasteiger partial charge in [0, 0.05) is 31.4 Å². The van der Waals surface area contributed by atoms with E-state index in [0.29, 0.717) is 6.42 Å². The summed E-state index contributed by atoms with van der Waals surface area (Å²) in [5.74, 6) is -1.63. The number of hydrogen-bond donors (Lipinski definition) is 1. The predicted octanol–water partition coefficient (Wildman–Crippen LogP) is 1.88. The minimum absolute atomic E-state index is 0.0367. The second kappa shape index (κ2) is 5.51. The number of halogens is 1. The fraction of sp³-hybridized carbons (Fsp3) is 0.231. The summed E-state index contributed by atoms with van der Waals surface area (Å²) in [6, 6.07) is 5.20. The molecule has 0 spiro atoms. The van der Waals surface area contributed by atoms with Crippen molar-refractivity contribution in [1.82, 2.24) is 9.78 Å². The van der Waals surface area contributed by atoms with Crippen molar-refractivity contribution in [2.75, 3.05) is 6.61 Å². The minimum atomic E-state index is -1.14. The molecule has 5 nitrogen and oxygen atoms in total. The average Bonchev–Trinajstić information content (AvgIpc) is 2.75. The molecule has 0 atom stereocenters. The Morgan fingerprint density at radius 3 is 2.89 bits per heavy atom. The van der Waals surface area contributed by atoms with Gasteiger partial charge in [-0.3, -0.25) is 4.68 Å². The van der Waals surface area contributed by atoms with Crippen molar-refractivity contribution >= 4 is 5.97 Å². The maximum atomic E-state index is 13.1. The van der Waals surface area contributed by atoms with Crippen LogP contribution in [0.5, 0.6) is 5.75 Å². The Kier molecular flexibility index (Phi) is 3.79. The van der Waals surface area contributed by atoms with Gasteiger partial charge in [-0.15, -0.1) is 0 Å². The van der Waals surface area contributed by atoms with Crippen molar-refractivity contribution in [2.24, 2.45) is 7.05 Å². The third kappa shape index (κ3) is 3.09. The summed E-state index contributed by atoms with van der Waals surface area (Å²) >= 11 is 0. The van der Waals surface area contributed by atoms with Crippen LogP contribution < -0.4 is 4.74 Å². The van der Waals surface area contributed by atoms with Crippen molar-refractivity contribution in [3.63, 3.8) is 0 Å². The van der Waals surface area contributed by atoms with E-state index in [1.54, 1.807) is 17.9 Å². The van der Waals surface area contributed by atoms with Crippen LogP contribution in [0.25, 0.3) is 0 Å². The third-order valence-electron chi connectivity index (χ3n) is 2.71. The zero-order valence-electron chi connectivity index (χ0n) is 10.3. The Hall–Kier alpha value is -2.37. The van der Waals surface area contributed by atoms with E-state index in [4.69, 9.17) is 9.84 Å². The zero-order chi connectivity index (χ0) is 13.8. The van der Waals surface area contributed by atoms with Crippen LogP contribution in [0, 0.1) is 5.82 Å². The summed E-state index contributed by atoms with van der Waals surface area (Å²) in [4.78, 5) is 11.0. The van der Waals surface area contributed by atoms with Gasteiger partial charge in [0.1, 0.15) is 17.1 Å². The van der Waals surface area contributed by atoms with Gasteiger partial charge in [-0.1, -0.05) is 0 Å². The Morgan fingerprint density at radius 1 is 1.47 bits per heavy atom. The highest BCUT2D eigenvalue weighted by Crippen LogP contribution is 2.20. The van der Waals surface area contributed by atoms with Gasteiger partial charge < -0.3 is 9.84 Å². The lowest BCUT2D eigenvalue weighted by Gasteiger charge is -2.09. The van der Waals surface area contributed by atoms with E-state index in [9.17, 15) is 9.18 Å². The highest BCUT2D eigenvalue weighted by Gasteiger charge is 2.12. The molecule has 2 aromatic rings. The molecule has 1 N–H and O–H groups in total. The van der Waals surface area contributed by atoms with Crippen LogP contribution >= 0.6 is 0 Å². The molecule has 0 saturated heterocycles. The van der Waals surface area contributed by atoms with Gasteiger partial charge in [-0.25, -0.2) is 9.18 Å². The highest BCUT2D eigenvalue weighted by molar-refractivity contribution is 5.90. The number of hydrogen-bond acceptors (Lipinski definition) is 3. The van der Waals surface area contributed by atoms with Crippen LogP contribution in [-0.4, -0.2) is 27.5 Å².